The fourth-order valence-electron chi connectivity index (χ4n) is 1.43. The lowest BCUT2D eigenvalue weighted by Crippen LogP contribution is -2.03. The van der Waals surface area contributed by atoms with Gasteiger partial charge in [0.2, 0.25) is 0 Å². The Morgan fingerprint density at radius 2 is 2.27 bits per heavy atom. The molecule has 1 unspecified atom stereocenters. The van der Waals surface area contributed by atoms with E-state index in [0.717, 1.165) is 15.6 Å². The average molecular weight is 266 g/mol. The van der Waals surface area contributed by atoms with E-state index < -0.39 is 0 Å². The Balaban J connectivity index is 3.03. The van der Waals surface area contributed by atoms with E-state index in [-0.39, 0.29) is 18.1 Å². The van der Waals surface area contributed by atoms with Gasteiger partial charge >= 0.3 is 0 Å². The van der Waals surface area contributed by atoms with Crippen molar-refractivity contribution in [2.24, 2.45) is 0 Å². The first-order valence-electron chi connectivity index (χ1n) is 4.69. The highest BCUT2D eigenvalue weighted by molar-refractivity contribution is 9.10. The molecule has 0 saturated heterocycles. The van der Waals surface area contributed by atoms with Crippen LogP contribution in [0.4, 0.5) is 0 Å². The molecule has 0 bridgehead atoms. The molecule has 15 heavy (non-hydrogen) atoms. The normalized spacial score (nSPS) is 11.9. The van der Waals surface area contributed by atoms with Gasteiger partial charge in [-0.1, -0.05) is 28.1 Å². The molecule has 0 spiro atoms. The number of hydrogen-bond acceptors (Lipinski definition) is 2. The lowest BCUT2D eigenvalue weighted by molar-refractivity contribution is -0.117. The number of halogens is 1. The zero-order valence-electron chi connectivity index (χ0n) is 8.75. The molecule has 0 N–H and O–H groups in total. The minimum atomic E-state index is -0.350. The van der Waals surface area contributed by atoms with Crippen LogP contribution >= 0.6 is 15.9 Å². The Labute approximate surface area is 98.0 Å². The van der Waals surface area contributed by atoms with Crippen molar-refractivity contribution >= 4 is 21.7 Å². The summed E-state index contributed by atoms with van der Waals surface area (Å²) in [7, 11) is 0. The third-order valence-corrected chi connectivity index (χ3v) is 2.87. The SMILES string of the molecule is CC(=O)CC(C#N)c1ccc(C)cc1Br. The molecule has 0 amide bonds. The molecule has 2 nitrogen and oxygen atoms in total. The van der Waals surface area contributed by atoms with Crippen LogP contribution in [0.3, 0.4) is 0 Å². The second-order valence-electron chi connectivity index (χ2n) is 3.61. The molecule has 0 fully saturated rings. The fraction of sp³-hybridized carbons (Fsp3) is 0.333. The zero-order chi connectivity index (χ0) is 11.4. The van der Waals surface area contributed by atoms with E-state index in [4.69, 9.17) is 5.26 Å². The van der Waals surface area contributed by atoms with Crippen molar-refractivity contribution in [1.29, 1.82) is 5.26 Å². The van der Waals surface area contributed by atoms with Gasteiger partial charge in [-0.25, -0.2) is 0 Å². The summed E-state index contributed by atoms with van der Waals surface area (Å²) >= 11 is 3.42. The molecule has 0 aromatic heterocycles. The highest BCUT2D eigenvalue weighted by Gasteiger charge is 2.15. The number of nitrogens with zero attached hydrogens (tertiary/aromatic N) is 1. The molecule has 1 rings (SSSR count). The van der Waals surface area contributed by atoms with Crippen molar-refractivity contribution in [1.82, 2.24) is 0 Å². The highest BCUT2D eigenvalue weighted by atomic mass is 79.9. The molecule has 0 radical (unpaired) electrons. The van der Waals surface area contributed by atoms with Gasteiger partial charge in [0.15, 0.2) is 0 Å². The minimum absolute atomic E-state index is 0.0361. The largest absolute Gasteiger partial charge is 0.300 e. The first-order chi connectivity index (χ1) is 7.04. The molecule has 1 aromatic carbocycles. The number of benzene rings is 1. The molecule has 78 valence electrons. The number of nitriles is 1. The van der Waals surface area contributed by atoms with Gasteiger partial charge < -0.3 is 0 Å². The Morgan fingerprint density at radius 1 is 1.60 bits per heavy atom. The van der Waals surface area contributed by atoms with Crippen LogP contribution in [0.2, 0.25) is 0 Å². The Kier molecular flexibility index (Phi) is 4.05. The van der Waals surface area contributed by atoms with E-state index in [2.05, 4.69) is 22.0 Å². The van der Waals surface area contributed by atoms with Crippen molar-refractivity contribution in [3.05, 3.63) is 33.8 Å². The van der Waals surface area contributed by atoms with Crippen LogP contribution < -0.4 is 0 Å². The quantitative estimate of drug-likeness (QED) is 0.841. The summed E-state index contributed by atoms with van der Waals surface area (Å²) in [4.78, 5) is 11.0. The number of carbonyl (C=O) groups is 1. The van der Waals surface area contributed by atoms with Gasteiger partial charge in [0.25, 0.3) is 0 Å². The van der Waals surface area contributed by atoms with E-state index in [1.807, 2.05) is 25.1 Å². The fourth-order valence-corrected chi connectivity index (χ4v) is 2.20. The average Bonchev–Trinajstić information content (AvgIpc) is 2.14. The topological polar surface area (TPSA) is 40.9 Å². The van der Waals surface area contributed by atoms with Crippen molar-refractivity contribution < 1.29 is 4.79 Å². The number of rotatable bonds is 3. The predicted octanol–water partition coefficient (Wildman–Crippen LogP) is 3.34. The Morgan fingerprint density at radius 3 is 2.73 bits per heavy atom. The third-order valence-electron chi connectivity index (χ3n) is 2.18. The molecule has 1 atom stereocenters. The van der Waals surface area contributed by atoms with Crippen LogP contribution in [0, 0.1) is 18.3 Å². The van der Waals surface area contributed by atoms with E-state index in [9.17, 15) is 4.79 Å². The van der Waals surface area contributed by atoms with Crippen LogP contribution in [0.1, 0.15) is 30.4 Å². The number of hydrogen-bond donors (Lipinski definition) is 0. The molecular formula is C12H12BrNO. The van der Waals surface area contributed by atoms with E-state index in [0.29, 0.717) is 0 Å². The van der Waals surface area contributed by atoms with Crippen LogP contribution in [-0.2, 0) is 4.79 Å². The van der Waals surface area contributed by atoms with Crippen LogP contribution in [0.25, 0.3) is 0 Å². The second-order valence-corrected chi connectivity index (χ2v) is 4.47. The summed E-state index contributed by atoms with van der Waals surface area (Å²) in [5, 5.41) is 9.00. The van der Waals surface area contributed by atoms with Gasteiger partial charge in [0.1, 0.15) is 5.78 Å². The number of Topliss-reactive ketones (excluding diaryl/α,β-unsaturated/α-hetero) is 1. The third kappa shape index (κ3) is 3.17. The lowest BCUT2D eigenvalue weighted by atomic mass is 9.95. The van der Waals surface area contributed by atoms with Crippen molar-refractivity contribution in [3.63, 3.8) is 0 Å². The molecule has 0 aliphatic heterocycles. The molecule has 1 aromatic rings. The monoisotopic (exact) mass is 265 g/mol. The molecule has 0 aliphatic rings. The van der Waals surface area contributed by atoms with Gasteiger partial charge in [-0.3, -0.25) is 4.79 Å². The summed E-state index contributed by atoms with van der Waals surface area (Å²) in [6.07, 6.45) is 0.276. The molecule has 0 saturated carbocycles. The maximum absolute atomic E-state index is 11.0. The first-order valence-corrected chi connectivity index (χ1v) is 5.49. The van der Waals surface area contributed by atoms with E-state index >= 15 is 0 Å². The van der Waals surface area contributed by atoms with Crippen molar-refractivity contribution in [2.45, 2.75) is 26.2 Å². The van der Waals surface area contributed by atoms with E-state index in [1.54, 1.807) is 0 Å². The van der Waals surface area contributed by atoms with Gasteiger partial charge in [0, 0.05) is 10.9 Å². The molecule has 0 heterocycles. The predicted molar refractivity (Wildman–Crippen MR) is 62.5 cm³/mol. The van der Waals surface area contributed by atoms with Crippen LogP contribution in [0.5, 0.6) is 0 Å². The molecule has 0 aliphatic carbocycles. The summed E-state index contributed by atoms with van der Waals surface area (Å²) in [6, 6.07) is 7.97. The lowest BCUT2D eigenvalue weighted by Gasteiger charge is -2.10. The van der Waals surface area contributed by atoms with Gasteiger partial charge in [-0.2, -0.15) is 5.26 Å². The van der Waals surface area contributed by atoms with Crippen molar-refractivity contribution in [2.75, 3.05) is 0 Å². The Hall–Kier alpha value is -1.14. The minimum Gasteiger partial charge on any atom is -0.300 e. The smallest absolute Gasteiger partial charge is 0.131 e. The number of carbonyl (C=O) groups excluding carboxylic acids is 1. The summed E-state index contributed by atoms with van der Waals surface area (Å²) in [6.45, 7) is 3.49. The molecular weight excluding hydrogens is 254 g/mol. The standard InChI is InChI=1S/C12H12BrNO/c1-8-3-4-11(12(13)5-8)10(7-14)6-9(2)15/h3-5,10H,6H2,1-2H3. The molecule has 3 heteroatoms. The summed E-state index contributed by atoms with van der Waals surface area (Å²) < 4.78 is 0.898. The van der Waals surface area contributed by atoms with Gasteiger partial charge in [-0.05, 0) is 31.0 Å². The van der Waals surface area contributed by atoms with Crippen molar-refractivity contribution in [3.8, 4) is 6.07 Å². The van der Waals surface area contributed by atoms with Crippen LogP contribution in [-0.4, -0.2) is 5.78 Å². The highest BCUT2D eigenvalue weighted by Crippen LogP contribution is 2.28. The van der Waals surface area contributed by atoms with E-state index in [1.165, 1.54) is 6.92 Å². The Bertz CT molecular complexity index is 420. The zero-order valence-corrected chi connectivity index (χ0v) is 10.3. The summed E-state index contributed by atoms with van der Waals surface area (Å²) in [5.74, 6) is -0.313. The number of aryl methyl sites for hydroxylation is 1. The summed E-state index contributed by atoms with van der Waals surface area (Å²) in [5.41, 5.74) is 2.02. The van der Waals surface area contributed by atoms with Gasteiger partial charge in [0.05, 0.1) is 12.0 Å². The second kappa shape index (κ2) is 5.09. The van der Waals surface area contributed by atoms with Gasteiger partial charge in [-0.15, -0.1) is 0 Å². The number of ketones is 1. The first kappa shape index (κ1) is 11.9. The van der Waals surface area contributed by atoms with Crippen LogP contribution in [0.15, 0.2) is 22.7 Å². The maximum Gasteiger partial charge on any atom is 0.131 e. The maximum atomic E-state index is 11.0.